The van der Waals surface area contributed by atoms with Crippen LogP contribution < -0.4 is 8.61 Å². The molecule has 1 aromatic heterocycles. The van der Waals surface area contributed by atoms with Crippen molar-refractivity contribution in [2.24, 2.45) is 0 Å². The third kappa shape index (κ3) is 6.29. The molecule has 2 aromatic rings. The number of ether oxygens (including phenoxy) is 1. The monoisotopic (exact) mass is 599 g/mol. The van der Waals surface area contributed by atoms with Crippen LogP contribution in [0.15, 0.2) is 54.3 Å². The van der Waals surface area contributed by atoms with E-state index in [0.717, 1.165) is 18.5 Å². The third-order valence-corrected chi connectivity index (χ3v) is 10.6. The number of aromatic nitrogens is 1. The molecular formula is C28H33N5O6S2. The van der Waals surface area contributed by atoms with Gasteiger partial charge in [0.1, 0.15) is 11.9 Å². The van der Waals surface area contributed by atoms with E-state index in [1.54, 1.807) is 25.3 Å². The second-order valence-electron chi connectivity index (χ2n) is 9.97. The standard InChI is InChI=1S/C28H33N5O6S2/c1-5-40(35,36)33(41(37,38)6-2)24-9-7-8-22(16-24)25-17-23(18-29)28(30-27(25)21-10-11-21)31-13-14-32(20(3)19-31)26(34)12-15-39-4/h5-9,16-17,20-21H,1-2,10-15,19H2,3-4H3. The molecule has 41 heavy (non-hydrogen) atoms. The number of hydrogen-bond donors (Lipinski definition) is 0. The van der Waals surface area contributed by atoms with Crippen LogP contribution in [0.3, 0.4) is 0 Å². The number of amides is 1. The van der Waals surface area contributed by atoms with Crippen LogP contribution >= 0.6 is 0 Å². The Balaban J connectivity index is 1.74. The van der Waals surface area contributed by atoms with Gasteiger partial charge in [-0.2, -0.15) is 8.97 Å². The summed E-state index contributed by atoms with van der Waals surface area (Å²) < 4.78 is 56.1. The molecule has 0 spiro atoms. The molecule has 4 rings (SSSR count). The molecule has 2 fully saturated rings. The lowest BCUT2D eigenvalue weighted by Gasteiger charge is -2.41. The van der Waals surface area contributed by atoms with Gasteiger partial charge in [-0.05, 0) is 43.5 Å². The fraction of sp³-hybridized carbons (Fsp3) is 0.393. The van der Waals surface area contributed by atoms with Gasteiger partial charge in [-0.15, -0.1) is 0 Å². The van der Waals surface area contributed by atoms with Gasteiger partial charge < -0.3 is 14.5 Å². The molecule has 0 N–H and O–H groups in total. The molecule has 0 radical (unpaired) electrons. The van der Waals surface area contributed by atoms with E-state index in [0.29, 0.717) is 66.0 Å². The van der Waals surface area contributed by atoms with Crippen molar-refractivity contribution in [3.8, 4) is 17.2 Å². The fourth-order valence-electron chi connectivity index (χ4n) is 4.95. The zero-order chi connectivity index (χ0) is 29.9. The third-order valence-electron chi connectivity index (χ3n) is 7.14. The van der Waals surface area contributed by atoms with Gasteiger partial charge in [0.05, 0.1) is 30.0 Å². The zero-order valence-electron chi connectivity index (χ0n) is 23.1. The van der Waals surface area contributed by atoms with E-state index in [1.807, 2.05) is 16.7 Å². The topological polar surface area (TPSA) is 141 Å². The number of anilines is 2. The van der Waals surface area contributed by atoms with Gasteiger partial charge in [0, 0.05) is 55.1 Å². The number of pyridine rings is 1. The second kappa shape index (κ2) is 12.0. The second-order valence-corrected chi connectivity index (χ2v) is 13.7. The lowest BCUT2D eigenvalue weighted by atomic mass is 9.98. The summed E-state index contributed by atoms with van der Waals surface area (Å²) in [5, 5.41) is 11.2. The van der Waals surface area contributed by atoms with Gasteiger partial charge in [0.25, 0.3) is 20.0 Å². The van der Waals surface area contributed by atoms with E-state index >= 15 is 0 Å². The normalized spacial score (nSPS) is 17.5. The summed E-state index contributed by atoms with van der Waals surface area (Å²) in [4.78, 5) is 21.4. The molecule has 1 atom stereocenters. The Labute approximate surface area is 241 Å². The molecular weight excluding hydrogens is 566 g/mol. The molecule has 1 aromatic carbocycles. The number of carbonyl (C=O) groups excluding carboxylic acids is 1. The summed E-state index contributed by atoms with van der Waals surface area (Å²) in [6.45, 7) is 10.3. The summed E-state index contributed by atoms with van der Waals surface area (Å²) in [5.74, 6) is 0.710. The van der Waals surface area contributed by atoms with E-state index in [1.165, 1.54) is 12.1 Å². The number of hydrogen-bond acceptors (Lipinski definition) is 9. The highest BCUT2D eigenvalue weighted by Crippen LogP contribution is 2.45. The van der Waals surface area contributed by atoms with Crippen molar-refractivity contribution in [2.75, 3.05) is 42.0 Å². The van der Waals surface area contributed by atoms with Crippen LogP contribution in [0.4, 0.5) is 11.5 Å². The first kappa shape index (κ1) is 30.2. The lowest BCUT2D eigenvalue weighted by molar-refractivity contribution is -0.134. The van der Waals surface area contributed by atoms with Gasteiger partial charge in [-0.25, -0.2) is 21.8 Å². The van der Waals surface area contributed by atoms with E-state index in [2.05, 4.69) is 19.2 Å². The number of methoxy groups -OCH3 is 1. The minimum Gasteiger partial charge on any atom is -0.384 e. The maximum atomic E-state index is 12.7. The van der Waals surface area contributed by atoms with Crippen molar-refractivity contribution in [1.82, 2.24) is 9.88 Å². The molecule has 0 bridgehead atoms. The summed E-state index contributed by atoms with van der Waals surface area (Å²) in [7, 11) is -7.29. The Morgan fingerprint density at radius 2 is 1.85 bits per heavy atom. The van der Waals surface area contributed by atoms with Gasteiger partial charge in [0.15, 0.2) is 0 Å². The smallest absolute Gasteiger partial charge is 0.270 e. The van der Waals surface area contributed by atoms with Gasteiger partial charge >= 0.3 is 0 Å². The Morgan fingerprint density at radius 1 is 1.17 bits per heavy atom. The number of carbonyl (C=O) groups is 1. The summed E-state index contributed by atoms with van der Waals surface area (Å²) in [6.07, 6.45) is 2.12. The van der Waals surface area contributed by atoms with E-state index in [-0.39, 0.29) is 27.3 Å². The Kier molecular flexibility index (Phi) is 8.86. The molecule has 1 unspecified atom stereocenters. The van der Waals surface area contributed by atoms with Gasteiger partial charge in [-0.3, -0.25) is 4.79 Å². The molecule has 11 nitrogen and oxygen atoms in total. The maximum absolute atomic E-state index is 12.7. The fourth-order valence-corrected chi connectivity index (χ4v) is 7.56. The molecule has 218 valence electrons. The molecule has 1 aliphatic heterocycles. The maximum Gasteiger partial charge on any atom is 0.270 e. The number of rotatable bonds is 11. The number of nitriles is 1. The molecule has 2 aliphatic rings. The Morgan fingerprint density at radius 3 is 2.41 bits per heavy atom. The zero-order valence-corrected chi connectivity index (χ0v) is 24.7. The molecule has 2 heterocycles. The van der Waals surface area contributed by atoms with Crippen LogP contribution in [0.1, 0.15) is 43.4 Å². The van der Waals surface area contributed by atoms with Crippen molar-refractivity contribution < 1.29 is 26.4 Å². The number of sulfonamides is 2. The summed E-state index contributed by atoms with van der Waals surface area (Å²) >= 11 is 0. The first-order valence-electron chi connectivity index (χ1n) is 13.1. The average Bonchev–Trinajstić information content (AvgIpc) is 3.80. The molecule has 1 saturated carbocycles. The number of benzene rings is 1. The van der Waals surface area contributed by atoms with Crippen LogP contribution in [-0.4, -0.2) is 72.0 Å². The van der Waals surface area contributed by atoms with Crippen molar-refractivity contribution in [3.63, 3.8) is 0 Å². The average molecular weight is 600 g/mol. The molecule has 13 heteroatoms. The number of piperazine rings is 1. The first-order valence-corrected chi connectivity index (χ1v) is 16.1. The SMILES string of the molecule is C=CS(=O)(=O)N(c1cccc(-c2cc(C#N)c(N3CCN(C(=O)CCOC)C(C)C3)nc2C2CC2)c1)S(=O)(=O)C=C. The van der Waals surface area contributed by atoms with Crippen LogP contribution in [0.25, 0.3) is 11.1 Å². The van der Waals surface area contributed by atoms with E-state index in [9.17, 15) is 26.9 Å². The van der Waals surface area contributed by atoms with Crippen molar-refractivity contribution in [2.45, 2.75) is 38.1 Å². The van der Waals surface area contributed by atoms with Crippen LogP contribution in [0.5, 0.6) is 0 Å². The Hall–Kier alpha value is -3.73. The predicted octanol–water partition coefficient (Wildman–Crippen LogP) is 3.32. The predicted molar refractivity (Wildman–Crippen MR) is 157 cm³/mol. The van der Waals surface area contributed by atoms with E-state index in [4.69, 9.17) is 9.72 Å². The molecule has 1 aliphatic carbocycles. The van der Waals surface area contributed by atoms with E-state index < -0.39 is 20.0 Å². The first-order chi connectivity index (χ1) is 19.5. The minimum absolute atomic E-state index is 0.0207. The number of nitrogens with zero attached hydrogens (tertiary/aromatic N) is 5. The quantitative estimate of drug-likeness (QED) is 0.380. The Bertz CT molecular complexity index is 1570. The van der Waals surface area contributed by atoms with Crippen LogP contribution in [0.2, 0.25) is 0 Å². The van der Waals surface area contributed by atoms with Gasteiger partial charge in [0.2, 0.25) is 5.91 Å². The summed E-state index contributed by atoms with van der Waals surface area (Å²) in [5.41, 5.74) is 2.12. The van der Waals surface area contributed by atoms with Crippen molar-refractivity contribution in [1.29, 1.82) is 5.26 Å². The minimum atomic E-state index is -4.42. The highest BCUT2D eigenvalue weighted by Gasteiger charge is 2.34. The van der Waals surface area contributed by atoms with Crippen LogP contribution in [-0.2, 0) is 29.6 Å². The van der Waals surface area contributed by atoms with Crippen LogP contribution in [0, 0.1) is 11.3 Å². The molecule has 1 amide bonds. The van der Waals surface area contributed by atoms with Gasteiger partial charge in [-0.1, -0.05) is 25.3 Å². The van der Waals surface area contributed by atoms with Crippen molar-refractivity contribution in [3.05, 3.63) is 65.6 Å². The highest BCUT2D eigenvalue weighted by molar-refractivity contribution is 8.12. The largest absolute Gasteiger partial charge is 0.384 e. The highest BCUT2D eigenvalue weighted by atomic mass is 32.3. The molecule has 1 saturated heterocycles. The summed E-state index contributed by atoms with van der Waals surface area (Å²) in [6, 6.07) is 9.95. The lowest BCUT2D eigenvalue weighted by Crippen LogP contribution is -2.54. The van der Waals surface area contributed by atoms with Crippen molar-refractivity contribution >= 4 is 37.5 Å².